The number of hydrogen-bond acceptors (Lipinski definition) is 5. The Bertz CT molecular complexity index is 974. The Hall–Kier alpha value is -3.22. The summed E-state index contributed by atoms with van der Waals surface area (Å²) in [5.41, 5.74) is 1.55. The monoisotopic (exact) mass is 424 g/mol. The highest BCUT2D eigenvalue weighted by Crippen LogP contribution is 2.35. The standard InChI is InChI=1S/C24H28N2O5/c1-15(2)23(17-9-10-20-21(13-17)30-12-6-11-29-20)25-22(27)14-26-18-7-4-5-8-19(18)31-16(3)24(26)28/h4-5,7-10,13,15-16,23H,6,11-12,14H2,1-3H3,(H,25,27). The molecule has 1 N–H and O–H groups in total. The van der Waals surface area contributed by atoms with E-state index in [1.54, 1.807) is 19.1 Å². The molecule has 7 nitrogen and oxygen atoms in total. The summed E-state index contributed by atoms with van der Waals surface area (Å²) >= 11 is 0. The first-order valence-electron chi connectivity index (χ1n) is 10.7. The number of amides is 2. The van der Waals surface area contributed by atoms with E-state index in [0.29, 0.717) is 30.4 Å². The van der Waals surface area contributed by atoms with Crippen LogP contribution in [0.4, 0.5) is 5.69 Å². The second-order valence-corrected chi connectivity index (χ2v) is 8.20. The van der Waals surface area contributed by atoms with E-state index in [1.165, 1.54) is 4.90 Å². The van der Waals surface area contributed by atoms with Crippen LogP contribution in [0.15, 0.2) is 42.5 Å². The van der Waals surface area contributed by atoms with Crippen LogP contribution in [0.25, 0.3) is 0 Å². The Labute approximate surface area is 182 Å². The fourth-order valence-corrected chi connectivity index (χ4v) is 3.89. The van der Waals surface area contributed by atoms with Gasteiger partial charge in [-0.1, -0.05) is 32.0 Å². The summed E-state index contributed by atoms with van der Waals surface area (Å²) in [4.78, 5) is 27.2. The summed E-state index contributed by atoms with van der Waals surface area (Å²) in [6.07, 6.45) is 0.201. The average Bonchev–Trinajstić information content (AvgIpc) is 3.00. The van der Waals surface area contributed by atoms with Gasteiger partial charge in [0.05, 0.1) is 24.9 Å². The number of ether oxygens (including phenoxy) is 3. The maximum atomic E-state index is 13.0. The zero-order chi connectivity index (χ0) is 22.0. The predicted octanol–water partition coefficient (Wildman–Crippen LogP) is 3.48. The third-order valence-corrected chi connectivity index (χ3v) is 5.49. The lowest BCUT2D eigenvalue weighted by molar-refractivity contribution is -0.128. The highest BCUT2D eigenvalue weighted by Gasteiger charge is 2.33. The molecule has 0 bridgehead atoms. The second-order valence-electron chi connectivity index (χ2n) is 8.20. The summed E-state index contributed by atoms with van der Waals surface area (Å²) in [5.74, 6) is 1.69. The fraction of sp³-hybridized carbons (Fsp3) is 0.417. The van der Waals surface area contributed by atoms with Gasteiger partial charge in [-0.15, -0.1) is 0 Å². The molecule has 4 rings (SSSR count). The van der Waals surface area contributed by atoms with E-state index in [1.807, 2.05) is 44.2 Å². The van der Waals surface area contributed by atoms with Crippen molar-refractivity contribution in [2.45, 2.75) is 39.3 Å². The van der Waals surface area contributed by atoms with Crippen LogP contribution < -0.4 is 24.4 Å². The van der Waals surface area contributed by atoms with Crippen LogP contribution in [0, 0.1) is 5.92 Å². The van der Waals surface area contributed by atoms with Crippen molar-refractivity contribution in [3.63, 3.8) is 0 Å². The summed E-state index contributed by atoms with van der Waals surface area (Å²) in [6, 6.07) is 12.8. The van der Waals surface area contributed by atoms with Crippen LogP contribution in [0.5, 0.6) is 17.2 Å². The smallest absolute Gasteiger partial charge is 0.268 e. The highest BCUT2D eigenvalue weighted by atomic mass is 16.5. The number of rotatable bonds is 5. The third-order valence-electron chi connectivity index (χ3n) is 5.49. The van der Waals surface area contributed by atoms with Gasteiger partial charge in [-0.2, -0.15) is 0 Å². The van der Waals surface area contributed by atoms with Crippen molar-refractivity contribution in [1.82, 2.24) is 5.32 Å². The first-order valence-corrected chi connectivity index (χ1v) is 10.7. The van der Waals surface area contributed by atoms with Crippen LogP contribution >= 0.6 is 0 Å². The van der Waals surface area contributed by atoms with E-state index < -0.39 is 6.10 Å². The molecule has 2 heterocycles. The number of nitrogens with zero attached hydrogens (tertiary/aromatic N) is 1. The van der Waals surface area contributed by atoms with E-state index in [-0.39, 0.29) is 30.3 Å². The van der Waals surface area contributed by atoms with Gasteiger partial charge in [0.1, 0.15) is 12.3 Å². The number of benzene rings is 2. The number of nitrogens with one attached hydrogen (secondary N) is 1. The molecule has 2 unspecified atom stereocenters. The average molecular weight is 424 g/mol. The molecule has 164 valence electrons. The topological polar surface area (TPSA) is 77.1 Å². The molecule has 2 amide bonds. The van der Waals surface area contributed by atoms with Crippen molar-refractivity contribution >= 4 is 17.5 Å². The molecule has 0 fully saturated rings. The zero-order valence-corrected chi connectivity index (χ0v) is 18.1. The number of carbonyl (C=O) groups is 2. The summed E-state index contributed by atoms with van der Waals surface area (Å²) in [5, 5.41) is 3.10. The van der Waals surface area contributed by atoms with Crippen molar-refractivity contribution in [2.75, 3.05) is 24.7 Å². The Morgan fingerprint density at radius 3 is 2.61 bits per heavy atom. The van der Waals surface area contributed by atoms with Crippen molar-refractivity contribution in [3.05, 3.63) is 48.0 Å². The number of fused-ring (bicyclic) bond motifs is 2. The van der Waals surface area contributed by atoms with E-state index in [0.717, 1.165) is 17.7 Å². The minimum atomic E-state index is -0.634. The predicted molar refractivity (Wildman–Crippen MR) is 117 cm³/mol. The molecule has 2 aromatic carbocycles. The second kappa shape index (κ2) is 8.88. The minimum absolute atomic E-state index is 0.0721. The molecular weight excluding hydrogens is 396 g/mol. The van der Waals surface area contributed by atoms with Gasteiger partial charge in [-0.05, 0) is 42.7 Å². The van der Waals surface area contributed by atoms with Gasteiger partial charge in [0.2, 0.25) is 5.91 Å². The van der Waals surface area contributed by atoms with E-state index in [2.05, 4.69) is 5.32 Å². The molecule has 0 radical (unpaired) electrons. The van der Waals surface area contributed by atoms with Gasteiger partial charge in [0.25, 0.3) is 5.91 Å². The molecule has 2 aliphatic heterocycles. The highest BCUT2D eigenvalue weighted by molar-refractivity contribution is 6.03. The molecule has 7 heteroatoms. The van der Waals surface area contributed by atoms with E-state index in [9.17, 15) is 9.59 Å². The summed E-state index contributed by atoms with van der Waals surface area (Å²) in [7, 11) is 0. The molecule has 0 spiro atoms. The van der Waals surface area contributed by atoms with E-state index in [4.69, 9.17) is 14.2 Å². The van der Waals surface area contributed by atoms with Crippen molar-refractivity contribution in [2.24, 2.45) is 5.92 Å². The van der Waals surface area contributed by atoms with Crippen molar-refractivity contribution < 1.29 is 23.8 Å². The molecule has 2 aliphatic rings. The van der Waals surface area contributed by atoms with Crippen LogP contribution in [0.3, 0.4) is 0 Å². The number of hydrogen-bond donors (Lipinski definition) is 1. The fourth-order valence-electron chi connectivity index (χ4n) is 3.89. The van der Waals surface area contributed by atoms with E-state index >= 15 is 0 Å². The van der Waals surface area contributed by atoms with Crippen molar-refractivity contribution in [3.8, 4) is 17.2 Å². The quantitative estimate of drug-likeness (QED) is 0.795. The first kappa shape index (κ1) is 21.0. The molecule has 0 aromatic heterocycles. The lowest BCUT2D eigenvalue weighted by atomic mass is 9.95. The molecule has 2 aromatic rings. The van der Waals surface area contributed by atoms with Gasteiger partial charge in [0, 0.05) is 6.42 Å². The Morgan fingerprint density at radius 2 is 1.84 bits per heavy atom. The molecular formula is C24H28N2O5. The van der Waals surface area contributed by atoms with Gasteiger partial charge >= 0.3 is 0 Å². The van der Waals surface area contributed by atoms with Crippen molar-refractivity contribution in [1.29, 1.82) is 0 Å². The normalized spacial score (nSPS) is 18.6. The van der Waals surface area contributed by atoms with Crippen LogP contribution in [0.2, 0.25) is 0 Å². The van der Waals surface area contributed by atoms with Gasteiger partial charge in [0.15, 0.2) is 17.6 Å². The van der Waals surface area contributed by atoms with Gasteiger partial charge in [-0.3, -0.25) is 14.5 Å². The van der Waals surface area contributed by atoms with Gasteiger partial charge in [-0.25, -0.2) is 0 Å². The molecule has 0 saturated carbocycles. The van der Waals surface area contributed by atoms with Crippen LogP contribution in [-0.2, 0) is 9.59 Å². The van der Waals surface area contributed by atoms with Crippen LogP contribution in [-0.4, -0.2) is 37.7 Å². The molecule has 0 aliphatic carbocycles. The Balaban J connectivity index is 1.52. The Morgan fingerprint density at radius 1 is 1.10 bits per heavy atom. The summed E-state index contributed by atoms with van der Waals surface area (Å²) < 4.78 is 17.2. The molecule has 2 atom stereocenters. The zero-order valence-electron chi connectivity index (χ0n) is 18.1. The van der Waals surface area contributed by atoms with Gasteiger partial charge < -0.3 is 19.5 Å². The number of para-hydroxylation sites is 2. The first-order chi connectivity index (χ1) is 14.9. The largest absolute Gasteiger partial charge is 0.490 e. The maximum absolute atomic E-state index is 13.0. The maximum Gasteiger partial charge on any atom is 0.268 e. The molecule has 31 heavy (non-hydrogen) atoms. The number of anilines is 1. The minimum Gasteiger partial charge on any atom is -0.490 e. The molecule has 0 saturated heterocycles. The third kappa shape index (κ3) is 4.45. The SMILES string of the molecule is CC1Oc2ccccc2N(CC(=O)NC(c2ccc3c(c2)OCCCO3)C(C)C)C1=O. The Kier molecular flexibility index (Phi) is 6.02. The van der Waals surface area contributed by atoms with Crippen LogP contribution in [0.1, 0.15) is 38.8 Å². The summed E-state index contributed by atoms with van der Waals surface area (Å²) in [6.45, 7) is 6.95. The number of carbonyl (C=O) groups excluding carboxylic acids is 2. The lowest BCUT2D eigenvalue weighted by Crippen LogP contribution is -2.49. The lowest BCUT2D eigenvalue weighted by Gasteiger charge is -2.33.